The Bertz CT molecular complexity index is 223. The number of nitrogens with one attached hydrogen (secondary N) is 1. The molecule has 0 heterocycles. The van der Waals surface area contributed by atoms with Gasteiger partial charge in [-0.05, 0) is 18.1 Å². The van der Waals surface area contributed by atoms with Gasteiger partial charge in [0.05, 0.1) is 0 Å². The van der Waals surface area contributed by atoms with Crippen LogP contribution in [0.3, 0.4) is 0 Å². The van der Waals surface area contributed by atoms with Crippen LogP contribution in [-0.4, -0.2) is 6.73 Å². The Labute approximate surface area is 66.9 Å². The Kier molecular flexibility index (Phi) is 3.08. The van der Waals surface area contributed by atoms with Gasteiger partial charge < -0.3 is 0 Å². The predicted octanol–water partition coefficient (Wildman–Crippen LogP) is 1.47. The van der Waals surface area contributed by atoms with Gasteiger partial charge in [-0.3, -0.25) is 5.32 Å². The SMILES string of the molecule is Cc1ccccc1CNC[O]. The van der Waals surface area contributed by atoms with Crippen molar-refractivity contribution in [3.8, 4) is 0 Å². The van der Waals surface area contributed by atoms with E-state index in [0.29, 0.717) is 6.54 Å². The second kappa shape index (κ2) is 4.11. The molecule has 2 nitrogen and oxygen atoms in total. The molecule has 0 aromatic heterocycles. The van der Waals surface area contributed by atoms with Crippen LogP contribution in [0.5, 0.6) is 0 Å². The molecule has 1 N–H and O–H groups in total. The van der Waals surface area contributed by atoms with E-state index >= 15 is 0 Å². The third-order valence-corrected chi connectivity index (χ3v) is 1.68. The van der Waals surface area contributed by atoms with Crippen molar-refractivity contribution in [2.75, 3.05) is 6.73 Å². The number of rotatable bonds is 3. The molecule has 0 aliphatic heterocycles. The summed E-state index contributed by atoms with van der Waals surface area (Å²) < 4.78 is 0. The molecule has 2 heteroatoms. The number of hydrogen-bond acceptors (Lipinski definition) is 1. The fourth-order valence-electron chi connectivity index (χ4n) is 0.994. The van der Waals surface area contributed by atoms with E-state index in [1.54, 1.807) is 0 Å². The van der Waals surface area contributed by atoms with Gasteiger partial charge in [-0.1, -0.05) is 24.3 Å². The summed E-state index contributed by atoms with van der Waals surface area (Å²) in [6.45, 7) is 2.51. The van der Waals surface area contributed by atoms with Gasteiger partial charge in [-0.2, -0.15) is 0 Å². The van der Waals surface area contributed by atoms with Crippen LogP contribution in [-0.2, 0) is 11.7 Å². The lowest BCUT2D eigenvalue weighted by atomic mass is 10.1. The molecule has 0 bridgehead atoms. The highest BCUT2D eigenvalue weighted by Gasteiger charge is 1.93. The van der Waals surface area contributed by atoms with Crippen molar-refractivity contribution in [3.05, 3.63) is 35.4 Å². The summed E-state index contributed by atoms with van der Waals surface area (Å²) in [5.41, 5.74) is 2.43. The molecular formula is C9H12NO. The first-order chi connectivity index (χ1) is 5.34. The average Bonchev–Trinajstić information content (AvgIpc) is 2.03. The van der Waals surface area contributed by atoms with Gasteiger partial charge in [0.1, 0.15) is 6.73 Å². The maximum Gasteiger partial charge on any atom is 0.133 e. The van der Waals surface area contributed by atoms with E-state index in [-0.39, 0.29) is 6.73 Å². The Hall–Kier alpha value is -0.860. The van der Waals surface area contributed by atoms with E-state index in [2.05, 4.69) is 5.32 Å². The molecule has 0 amide bonds. The molecule has 0 aliphatic rings. The van der Waals surface area contributed by atoms with E-state index in [9.17, 15) is 5.11 Å². The zero-order valence-electron chi connectivity index (χ0n) is 6.63. The quantitative estimate of drug-likeness (QED) is 0.650. The van der Waals surface area contributed by atoms with Crippen molar-refractivity contribution in [2.45, 2.75) is 13.5 Å². The van der Waals surface area contributed by atoms with Crippen molar-refractivity contribution in [3.63, 3.8) is 0 Å². The van der Waals surface area contributed by atoms with Gasteiger partial charge in [0.2, 0.25) is 0 Å². The molecule has 0 atom stereocenters. The fourth-order valence-corrected chi connectivity index (χ4v) is 0.994. The summed E-state index contributed by atoms with van der Waals surface area (Å²) in [6, 6.07) is 8.05. The molecule has 0 saturated carbocycles. The number of aryl methyl sites for hydroxylation is 1. The molecule has 0 unspecified atom stereocenters. The van der Waals surface area contributed by atoms with Gasteiger partial charge in [0.15, 0.2) is 0 Å². The summed E-state index contributed by atoms with van der Waals surface area (Å²) >= 11 is 0. The minimum Gasteiger partial charge on any atom is -0.288 e. The summed E-state index contributed by atoms with van der Waals surface area (Å²) in [6.07, 6.45) is 0. The minimum atomic E-state index is -0.214. The van der Waals surface area contributed by atoms with Crippen molar-refractivity contribution in [1.29, 1.82) is 0 Å². The second-order valence-corrected chi connectivity index (χ2v) is 2.50. The molecule has 1 aromatic rings. The topological polar surface area (TPSA) is 31.9 Å². The van der Waals surface area contributed by atoms with Gasteiger partial charge in [0.25, 0.3) is 0 Å². The molecule has 0 fully saturated rings. The molecule has 11 heavy (non-hydrogen) atoms. The maximum atomic E-state index is 10.1. The second-order valence-electron chi connectivity index (χ2n) is 2.50. The molecular weight excluding hydrogens is 138 g/mol. The maximum absolute atomic E-state index is 10.1. The normalized spacial score (nSPS) is 10.0. The van der Waals surface area contributed by atoms with Crippen LogP contribution in [0.15, 0.2) is 24.3 Å². The largest absolute Gasteiger partial charge is 0.288 e. The van der Waals surface area contributed by atoms with Crippen LogP contribution >= 0.6 is 0 Å². The summed E-state index contributed by atoms with van der Waals surface area (Å²) in [7, 11) is 0. The zero-order chi connectivity index (χ0) is 8.10. The highest BCUT2D eigenvalue weighted by atomic mass is 16.3. The zero-order valence-corrected chi connectivity index (χ0v) is 6.63. The van der Waals surface area contributed by atoms with Crippen molar-refractivity contribution >= 4 is 0 Å². The van der Waals surface area contributed by atoms with Gasteiger partial charge in [-0.15, -0.1) is 0 Å². The average molecular weight is 150 g/mol. The summed E-state index contributed by atoms with van der Waals surface area (Å²) in [5, 5.41) is 12.9. The Morgan fingerprint density at radius 2 is 2.09 bits per heavy atom. The van der Waals surface area contributed by atoms with E-state index in [1.165, 1.54) is 11.1 Å². The lowest BCUT2D eigenvalue weighted by molar-refractivity contribution is 0.166. The van der Waals surface area contributed by atoms with Gasteiger partial charge in [-0.25, -0.2) is 5.11 Å². The molecule has 0 saturated heterocycles. The van der Waals surface area contributed by atoms with Crippen LogP contribution in [0, 0.1) is 6.92 Å². The van der Waals surface area contributed by atoms with Crippen molar-refractivity contribution in [1.82, 2.24) is 5.32 Å². The molecule has 1 rings (SSSR count). The van der Waals surface area contributed by atoms with Gasteiger partial charge in [0, 0.05) is 6.54 Å². The van der Waals surface area contributed by atoms with E-state index in [1.807, 2.05) is 31.2 Å². The first kappa shape index (κ1) is 8.24. The molecule has 0 spiro atoms. The number of hydrogen-bond donors (Lipinski definition) is 1. The lowest BCUT2D eigenvalue weighted by Gasteiger charge is -2.03. The highest BCUT2D eigenvalue weighted by molar-refractivity contribution is 5.25. The standard InChI is InChI=1S/C9H12NO/c1-8-4-2-3-5-9(8)6-10-7-11/h2-5,10H,6-7H2,1H3. The monoisotopic (exact) mass is 150 g/mol. The smallest absolute Gasteiger partial charge is 0.133 e. The van der Waals surface area contributed by atoms with E-state index in [4.69, 9.17) is 0 Å². The van der Waals surface area contributed by atoms with Crippen LogP contribution < -0.4 is 5.32 Å². The van der Waals surface area contributed by atoms with Gasteiger partial charge >= 0.3 is 0 Å². The van der Waals surface area contributed by atoms with Crippen LogP contribution in [0.2, 0.25) is 0 Å². The minimum absolute atomic E-state index is 0.214. The van der Waals surface area contributed by atoms with Crippen LogP contribution in [0.1, 0.15) is 11.1 Å². The fraction of sp³-hybridized carbons (Fsp3) is 0.333. The summed E-state index contributed by atoms with van der Waals surface area (Å²) in [4.78, 5) is 0. The molecule has 0 aliphatic carbocycles. The van der Waals surface area contributed by atoms with E-state index < -0.39 is 0 Å². The Balaban J connectivity index is 2.62. The predicted molar refractivity (Wildman–Crippen MR) is 43.6 cm³/mol. The number of benzene rings is 1. The van der Waals surface area contributed by atoms with Crippen molar-refractivity contribution < 1.29 is 5.11 Å². The van der Waals surface area contributed by atoms with Crippen LogP contribution in [0.25, 0.3) is 0 Å². The van der Waals surface area contributed by atoms with Crippen molar-refractivity contribution in [2.24, 2.45) is 0 Å². The third kappa shape index (κ3) is 2.33. The Morgan fingerprint density at radius 3 is 2.73 bits per heavy atom. The Morgan fingerprint density at radius 1 is 1.36 bits per heavy atom. The molecule has 59 valence electrons. The molecule has 1 radical (unpaired) electrons. The van der Waals surface area contributed by atoms with Crippen LogP contribution in [0.4, 0.5) is 0 Å². The summed E-state index contributed by atoms with van der Waals surface area (Å²) in [5.74, 6) is 0. The first-order valence-corrected chi connectivity index (χ1v) is 3.68. The highest BCUT2D eigenvalue weighted by Crippen LogP contribution is 2.05. The van der Waals surface area contributed by atoms with E-state index in [0.717, 1.165) is 0 Å². The first-order valence-electron chi connectivity index (χ1n) is 3.68. The lowest BCUT2D eigenvalue weighted by Crippen LogP contribution is -2.13. The molecule has 1 aromatic carbocycles. The third-order valence-electron chi connectivity index (χ3n) is 1.68.